The molecule has 0 N–H and O–H groups in total. The highest BCUT2D eigenvalue weighted by molar-refractivity contribution is 7.85. The van der Waals surface area contributed by atoms with Crippen LogP contribution >= 0.6 is 0 Å². The molecule has 0 saturated heterocycles. The molecule has 0 aliphatic heterocycles. The second-order valence-electron chi connectivity index (χ2n) is 6.36. The van der Waals surface area contributed by atoms with Crippen molar-refractivity contribution in [2.75, 3.05) is 45.9 Å². The molecule has 0 fully saturated rings. The van der Waals surface area contributed by atoms with Crippen LogP contribution in [-0.2, 0) is 28.2 Å². The number of ether oxygens (including phenoxy) is 2. The molecular formula is C13H30O6SSi. The molecule has 0 atom stereocenters. The van der Waals surface area contributed by atoms with E-state index in [0.29, 0.717) is 26.4 Å². The minimum Gasteiger partial charge on any atom is -0.414 e. The Morgan fingerprint density at radius 2 is 1.29 bits per heavy atom. The summed E-state index contributed by atoms with van der Waals surface area (Å²) in [6, 6.07) is 0. The van der Waals surface area contributed by atoms with Crippen molar-refractivity contribution in [3.63, 3.8) is 0 Å². The fourth-order valence-corrected chi connectivity index (χ4v) is 2.54. The third-order valence-electron chi connectivity index (χ3n) is 3.39. The lowest BCUT2D eigenvalue weighted by atomic mass is 10.2. The summed E-state index contributed by atoms with van der Waals surface area (Å²) in [4.78, 5) is 0. The Bertz CT molecular complexity index is 375. The molecule has 0 aliphatic rings. The maximum absolute atomic E-state index is 10.7. The van der Waals surface area contributed by atoms with Crippen molar-refractivity contribution in [1.82, 2.24) is 0 Å². The van der Waals surface area contributed by atoms with Crippen LogP contribution in [0.25, 0.3) is 0 Å². The molecule has 0 aromatic carbocycles. The minimum atomic E-state index is -3.38. The van der Waals surface area contributed by atoms with Crippen LogP contribution in [0.3, 0.4) is 0 Å². The van der Waals surface area contributed by atoms with Crippen LogP contribution in [0.1, 0.15) is 20.8 Å². The van der Waals surface area contributed by atoms with E-state index in [1.165, 1.54) is 0 Å². The van der Waals surface area contributed by atoms with E-state index in [1.54, 1.807) is 0 Å². The maximum atomic E-state index is 10.7. The van der Waals surface area contributed by atoms with Crippen molar-refractivity contribution in [3.05, 3.63) is 0 Å². The normalized spacial score (nSPS) is 13.6. The molecule has 0 aromatic rings. The van der Waals surface area contributed by atoms with Gasteiger partial charge in [-0.15, -0.1) is 0 Å². The molecular weight excluding hydrogens is 312 g/mol. The van der Waals surface area contributed by atoms with Gasteiger partial charge in [0.05, 0.1) is 45.9 Å². The number of rotatable bonds is 11. The lowest BCUT2D eigenvalue weighted by Crippen LogP contribution is -2.41. The van der Waals surface area contributed by atoms with Crippen LogP contribution in [0.4, 0.5) is 0 Å². The topological polar surface area (TPSA) is 71.1 Å². The van der Waals surface area contributed by atoms with Gasteiger partial charge in [0.1, 0.15) is 0 Å². The largest absolute Gasteiger partial charge is 0.414 e. The summed E-state index contributed by atoms with van der Waals surface area (Å²) in [7, 11) is -5.07. The summed E-state index contributed by atoms with van der Waals surface area (Å²) >= 11 is 0. The summed E-state index contributed by atoms with van der Waals surface area (Å²) in [5.41, 5.74) is 0. The van der Waals surface area contributed by atoms with Gasteiger partial charge in [-0.2, -0.15) is 8.42 Å². The van der Waals surface area contributed by atoms with Gasteiger partial charge in [0.15, 0.2) is 8.32 Å². The Kier molecular flexibility index (Phi) is 9.22. The van der Waals surface area contributed by atoms with Crippen LogP contribution in [0, 0.1) is 0 Å². The first-order chi connectivity index (χ1) is 9.46. The van der Waals surface area contributed by atoms with Gasteiger partial charge in [0.25, 0.3) is 10.1 Å². The van der Waals surface area contributed by atoms with E-state index in [2.05, 4.69) is 38.0 Å². The number of hydrogen-bond acceptors (Lipinski definition) is 6. The van der Waals surface area contributed by atoms with Crippen molar-refractivity contribution in [1.29, 1.82) is 0 Å². The van der Waals surface area contributed by atoms with E-state index in [9.17, 15) is 8.42 Å². The highest BCUT2D eigenvalue weighted by Crippen LogP contribution is 2.36. The zero-order chi connectivity index (χ0) is 16.6. The average molecular weight is 343 g/mol. The molecule has 0 heterocycles. The SMILES string of the molecule is CC(C)(C)[Si](C)(C)OCCOCCOCCOS(C)(=O)=O. The van der Waals surface area contributed by atoms with E-state index in [0.717, 1.165) is 6.26 Å². The van der Waals surface area contributed by atoms with Crippen molar-refractivity contribution >= 4 is 18.4 Å². The third kappa shape index (κ3) is 11.3. The van der Waals surface area contributed by atoms with E-state index in [4.69, 9.17) is 13.9 Å². The molecule has 128 valence electrons. The summed E-state index contributed by atoms with van der Waals surface area (Å²) < 4.78 is 42.4. The van der Waals surface area contributed by atoms with E-state index in [-0.39, 0.29) is 18.3 Å². The second-order valence-corrected chi connectivity index (χ2v) is 12.8. The first kappa shape index (κ1) is 21.0. The molecule has 6 nitrogen and oxygen atoms in total. The Labute approximate surface area is 130 Å². The smallest absolute Gasteiger partial charge is 0.264 e. The lowest BCUT2D eigenvalue weighted by Gasteiger charge is -2.36. The van der Waals surface area contributed by atoms with Crippen molar-refractivity contribution in [2.24, 2.45) is 0 Å². The third-order valence-corrected chi connectivity index (χ3v) is 8.53. The van der Waals surface area contributed by atoms with Gasteiger partial charge < -0.3 is 13.9 Å². The van der Waals surface area contributed by atoms with Crippen molar-refractivity contribution in [3.8, 4) is 0 Å². The standard InChI is InChI=1S/C13H30O6SSi/c1-13(2,3)21(5,6)19-12-10-17-8-7-16-9-11-18-20(4,14)15/h7-12H2,1-6H3. The Morgan fingerprint density at radius 3 is 1.71 bits per heavy atom. The summed E-state index contributed by atoms with van der Waals surface area (Å²) in [5.74, 6) is 0. The highest BCUT2D eigenvalue weighted by Gasteiger charge is 2.36. The minimum absolute atomic E-state index is 0.0350. The van der Waals surface area contributed by atoms with Gasteiger partial charge in [-0.3, -0.25) is 4.18 Å². The molecule has 0 bridgehead atoms. The summed E-state index contributed by atoms with van der Waals surface area (Å²) in [5, 5.41) is 0.204. The second kappa shape index (κ2) is 9.21. The summed E-state index contributed by atoms with van der Waals surface area (Å²) in [6.45, 7) is 13.3. The molecule has 0 amide bonds. The van der Waals surface area contributed by atoms with Gasteiger partial charge in [-0.1, -0.05) is 20.8 Å². The molecule has 21 heavy (non-hydrogen) atoms. The molecule has 0 saturated carbocycles. The van der Waals surface area contributed by atoms with Gasteiger partial charge in [0, 0.05) is 0 Å². The van der Waals surface area contributed by atoms with Crippen LogP contribution in [0.2, 0.25) is 18.1 Å². The zero-order valence-electron chi connectivity index (χ0n) is 14.1. The van der Waals surface area contributed by atoms with Gasteiger partial charge in [0.2, 0.25) is 0 Å². The fraction of sp³-hybridized carbons (Fsp3) is 1.00. The first-order valence-corrected chi connectivity index (χ1v) is 11.8. The van der Waals surface area contributed by atoms with Crippen LogP contribution < -0.4 is 0 Å². The van der Waals surface area contributed by atoms with Gasteiger partial charge in [-0.25, -0.2) is 0 Å². The average Bonchev–Trinajstić information content (AvgIpc) is 2.28. The monoisotopic (exact) mass is 342 g/mol. The molecule has 0 radical (unpaired) electrons. The molecule has 0 rings (SSSR count). The van der Waals surface area contributed by atoms with Gasteiger partial charge in [-0.05, 0) is 18.1 Å². The van der Waals surface area contributed by atoms with Crippen molar-refractivity contribution in [2.45, 2.75) is 38.9 Å². The fourth-order valence-electron chi connectivity index (χ4n) is 1.14. The van der Waals surface area contributed by atoms with E-state index >= 15 is 0 Å². The Morgan fingerprint density at radius 1 is 0.857 bits per heavy atom. The highest BCUT2D eigenvalue weighted by atomic mass is 32.2. The Hall–Kier alpha value is 0.00688. The van der Waals surface area contributed by atoms with Gasteiger partial charge >= 0.3 is 0 Å². The van der Waals surface area contributed by atoms with E-state index < -0.39 is 18.4 Å². The lowest BCUT2D eigenvalue weighted by molar-refractivity contribution is 0.0266. The predicted molar refractivity (Wildman–Crippen MR) is 85.6 cm³/mol. The van der Waals surface area contributed by atoms with Crippen LogP contribution in [-0.4, -0.2) is 62.6 Å². The molecule has 8 heteroatoms. The quantitative estimate of drug-likeness (QED) is 0.325. The molecule has 0 unspecified atom stereocenters. The molecule has 0 aliphatic carbocycles. The van der Waals surface area contributed by atoms with Crippen LogP contribution in [0.5, 0.6) is 0 Å². The van der Waals surface area contributed by atoms with Crippen molar-refractivity contribution < 1.29 is 26.5 Å². The molecule has 0 aromatic heterocycles. The predicted octanol–water partition coefficient (Wildman–Crippen LogP) is 2.02. The Balaban J connectivity index is 3.46. The van der Waals surface area contributed by atoms with Crippen LogP contribution in [0.15, 0.2) is 0 Å². The van der Waals surface area contributed by atoms with E-state index in [1.807, 2.05) is 0 Å². The molecule has 0 spiro atoms. The first-order valence-electron chi connectivity index (χ1n) is 7.09. The zero-order valence-corrected chi connectivity index (χ0v) is 15.9. The number of hydrogen-bond donors (Lipinski definition) is 0. The maximum Gasteiger partial charge on any atom is 0.264 e. The summed E-state index contributed by atoms with van der Waals surface area (Å²) in [6.07, 6.45) is 1.01.